The van der Waals surface area contributed by atoms with Crippen LogP contribution in [0.25, 0.3) is 16.5 Å². The summed E-state index contributed by atoms with van der Waals surface area (Å²) >= 11 is 12.4. The highest BCUT2D eigenvalue weighted by Crippen LogP contribution is 2.32. The SMILES string of the molecule is O=c1c2ccccc2c(C=N[C@H]2CCS(=O)(=O)C2)c(O)n1-c1cccc(Cl)c1Cl. The molecule has 1 N–H and O–H groups in total. The zero-order valence-electron chi connectivity index (χ0n) is 15.0. The molecule has 0 spiro atoms. The quantitative estimate of drug-likeness (QED) is 0.617. The molecule has 1 aliphatic rings. The average Bonchev–Trinajstić information content (AvgIpc) is 3.04. The van der Waals surface area contributed by atoms with E-state index in [2.05, 4.69) is 4.99 Å². The summed E-state index contributed by atoms with van der Waals surface area (Å²) in [6.45, 7) is 0. The molecule has 0 saturated carbocycles. The zero-order chi connectivity index (χ0) is 20.8. The number of fused-ring (bicyclic) bond motifs is 1. The summed E-state index contributed by atoms with van der Waals surface area (Å²) in [6.07, 6.45) is 1.86. The van der Waals surface area contributed by atoms with Gasteiger partial charge in [-0.1, -0.05) is 47.5 Å². The Kier molecular flexibility index (Phi) is 5.14. The van der Waals surface area contributed by atoms with Crippen LogP contribution in [0.1, 0.15) is 12.0 Å². The summed E-state index contributed by atoms with van der Waals surface area (Å²) in [6, 6.07) is 11.2. The fourth-order valence-electron chi connectivity index (χ4n) is 3.45. The fourth-order valence-corrected chi connectivity index (χ4v) is 5.47. The van der Waals surface area contributed by atoms with Gasteiger partial charge < -0.3 is 5.11 Å². The topological polar surface area (TPSA) is 88.7 Å². The first-order chi connectivity index (χ1) is 13.8. The van der Waals surface area contributed by atoms with Crippen molar-refractivity contribution < 1.29 is 13.5 Å². The maximum atomic E-state index is 13.1. The summed E-state index contributed by atoms with van der Waals surface area (Å²) in [5.74, 6) is -0.274. The van der Waals surface area contributed by atoms with Crippen LogP contribution >= 0.6 is 23.2 Å². The molecule has 0 radical (unpaired) electrons. The van der Waals surface area contributed by atoms with Crippen molar-refractivity contribution in [2.24, 2.45) is 4.99 Å². The molecule has 3 aromatic rings. The minimum absolute atomic E-state index is 0.0258. The van der Waals surface area contributed by atoms with E-state index < -0.39 is 15.4 Å². The number of pyridine rings is 1. The van der Waals surface area contributed by atoms with E-state index in [0.717, 1.165) is 4.57 Å². The predicted molar refractivity (Wildman–Crippen MR) is 116 cm³/mol. The van der Waals surface area contributed by atoms with Gasteiger partial charge in [0, 0.05) is 17.0 Å². The summed E-state index contributed by atoms with van der Waals surface area (Å²) in [7, 11) is -3.08. The van der Waals surface area contributed by atoms with Gasteiger partial charge >= 0.3 is 0 Å². The molecular formula is C20H16Cl2N2O4S. The molecule has 2 heterocycles. The number of benzene rings is 2. The Balaban J connectivity index is 1.95. The Bertz CT molecular complexity index is 1320. The summed E-state index contributed by atoms with van der Waals surface area (Å²) in [5, 5.41) is 12.2. The van der Waals surface area contributed by atoms with Gasteiger partial charge in [0.2, 0.25) is 5.88 Å². The highest BCUT2D eigenvalue weighted by molar-refractivity contribution is 7.91. The molecule has 1 saturated heterocycles. The van der Waals surface area contributed by atoms with Crippen molar-refractivity contribution >= 4 is 50.0 Å². The van der Waals surface area contributed by atoms with Crippen LogP contribution in [0.3, 0.4) is 0 Å². The third kappa shape index (κ3) is 3.66. The van der Waals surface area contributed by atoms with Gasteiger partial charge in [-0.05, 0) is 24.6 Å². The van der Waals surface area contributed by atoms with Gasteiger partial charge in [0.05, 0.1) is 38.8 Å². The van der Waals surface area contributed by atoms with Crippen molar-refractivity contribution in [2.75, 3.05) is 11.5 Å². The minimum Gasteiger partial charge on any atom is -0.494 e. The standard InChI is InChI=1S/C20H16Cl2N2O4S/c21-16-6-3-7-17(18(16)22)24-19(25)14-5-2-1-4-13(14)15(20(24)26)10-23-12-8-9-29(27,28)11-12/h1-7,10,12,26H,8-9,11H2/t12-/m0/s1. The first-order valence-corrected chi connectivity index (χ1v) is 11.4. The van der Waals surface area contributed by atoms with Gasteiger partial charge in [-0.2, -0.15) is 0 Å². The Hall–Kier alpha value is -2.35. The van der Waals surface area contributed by atoms with Crippen LogP contribution in [0.2, 0.25) is 10.0 Å². The smallest absolute Gasteiger partial charge is 0.265 e. The van der Waals surface area contributed by atoms with Gasteiger partial charge in [-0.15, -0.1) is 0 Å². The maximum absolute atomic E-state index is 13.1. The molecule has 0 unspecified atom stereocenters. The third-order valence-corrected chi connectivity index (χ3v) is 7.46. The molecule has 6 nitrogen and oxygen atoms in total. The molecule has 1 aromatic heterocycles. The summed E-state index contributed by atoms with van der Waals surface area (Å²) in [5.41, 5.74) is 0.0916. The molecule has 0 amide bonds. The van der Waals surface area contributed by atoms with Crippen LogP contribution in [-0.4, -0.2) is 41.9 Å². The largest absolute Gasteiger partial charge is 0.494 e. The lowest BCUT2D eigenvalue weighted by atomic mass is 10.1. The van der Waals surface area contributed by atoms with Crippen molar-refractivity contribution in [1.29, 1.82) is 0 Å². The van der Waals surface area contributed by atoms with Crippen LogP contribution in [0.5, 0.6) is 5.88 Å². The Morgan fingerprint density at radius 1 is 1.10 bits per heavy atom. The van der Waals surface area contributed by atoms with E-state index in [-0.39, 0.29) is 39.2 Å². The molecule has 0 aliphatic carbocycles. The highest BCUT2D eigenvalue weighted by atomic mass is 35.5. The van der Waals surface area contributed by atoms with Crippen LogP contribution in [0.15, 0.2) is 52.3 Å². The normalized spacial score (nSPS) is 18.6. The molecule has 4 rings (SSSR count). The Labute approximate surface area is 177 Å². The lowest BCUT2D eigenvalue weighted by molar-refractivity contribution is 0.436. The van der Waals surface area contributed by atoms with Gasteiger partial charge in [0.25, 0.3) is 5.56 Å². The van der Waals surface area contributed by atoms with E-state index in [0.29, 0.717) is 22.8 Å². The second kappa shape index (κ2) is 7.48. The number of aromatic hydroxyl groups is 1. The van der Waals surface area contributed by atoms with E-state index in [1.807, 2.05) is 0 Å². The number of rotatable bonds is 3. The van der Waals surface area contributed by atoms with E-state index in [4.69, 9.17) is 23.2 Å². The second-order valence-corrected chi connectivity index (χ2v) is 9.85. The molecular weight excluding hydrogens is 435 g/mol. The molecule has 150 valence electrons. The molecule has 1 aliphatic heterocycles. The number of halogens is 2. The fraction of sp³-hybridized carbons (Fsp3) is 0.200. The van der Waals surface area contributed by atoms with E-state index >= 15 is 0 Å². The molecule has 1 atom stereocenters. The van der Waals surface area contributed by atoms with E-state index in [9.17, 15) is 18.3 Å². The van der Waals surface area contributed by atoms with Crippen LogP contribution in [-0.2, 0) is 9.84 Å². The second-order valence-electron chi connectivity index (χ2n) is 6.83. The molecule has 9 heteroatoms. The maximum Gasteiger partial charge on any atom is 0.265 e. The Morgan fingerprint density at radius 2 is 1.83 bits per heavy atom. The van der Waals surface area contributed by atoms with Gasteiger partial charge in [-0.25, -0.2) is 13.0 Å². The molecule has 0 bridgehead atoms. The van der Waals surface area contributed by atoms with E-state index in [1.54, 1.807) is 42.5 Å². The lowest BCUT2D eigenvalue weighted by Crippen LogP contribution is -2.20. The summed E-state index contributed by atoms with van der Waals surface area (Å²) < 4.78 is 24.5. The molecule has 1 fully saturated rings. The number of nitrogens with zero attached hydrogens (tertiary/aromatic N) is 2. The monoisotopic (exact) mass is 450 g/mol. The Morgan fingerprint density at radius 3 is 2.52 bits per heavy atom. The molecule has 29 heavy (non-hydrogen) atoms. The number of aliphatic imine (C=N–C) groups is 1. The number of hydrogen-bond acceptors (Lipinski definition) is 5. The van der Waals surface area contributed by atoms with Crippen molar-refractivity contribution in [3.63, 3.8) is 0 Å². The minimum atomic E-state index is -3.08. The highest BCUT2D eigenvalue weighted by Gasteiger charge is 2.27. The lowest BCUT2D eigenvalue weighted by Gasteiger charge is -2.15. The summed E-state index contributed by atoms with van der Waals surface area (Å²) in [4.78, 5) is 17.5. The van der Waals surface area contributed by atoms with Crippen LogP contribution < -0.4 is 5.56 Å². The van der Waals surface area contributed by atoms with Crippen molar-refractivity contribution in [3.05, 3.63) is 68.4 Å². The van der Waals surface area contributed by atoms with Crippen molar-refractivity contribution in [1.82, 2.24) is 4.57 Å². The number of sulfone groups is 1. The zero-order valence-corrected chi connectivity index (χ0v) is 17.4. The van der Waals surface area contributed by atoms with Gasteiger partial charge in [-0.3, -0.25) is 9.79 Å². The molecule has 2 aromatic carbocycles. The van der Waals surface area contributed by atoms with Crippen LogP contribution in [0, 0.1) is 0 Å². The van der Waals surface area contributed by atoms with E-state index in [1.165, 1.54) is 6.21 Å². The van der Waals surface area contributed by atoms with Gasteiger partial charge in [0.1, 0.15) is 0 Å². The first-order valence-electron chi connectivity index (χ1n) is 8.83. The van der Waals surface area contributed by atoms with Gasteiger partial charge in [0.15, 0.2) is 9.84 Å². The first kappa shape index (κ1) is 19.9. The number of hydrogen-bond donors (Lipinski definition) is 1. The van der Waals surface area contributed by atoms with Crippen LogP contribution in [0.4, 0.5) is 0 Å². The number of aromatic nitrogens is 1. The third-order valence-electron chi connectivity index (χ3n) is 4.90. The van der Waals surface area contributed by atoms with Crippen molar-refractivity contribution in [2.45, 2.75) is 12.5 Å². The average molecular weight is 451 g/mol. The van der Waals surface area contributed by atoms with Crippen molar-refractivity contribution in [3.8, 4) is 11.6 Å². The predicted octanol–water partition coefficient (Wildman–Crippen LogP) is 3.61.